The lowest BCUT2D eigenvalue weighted by Crippen LogP contribution is -2.15. The largest absolute Gasteiger partial charge is 0.330 e. The highest BCUT2D eigenvalue weighted by Gasteiger charge is 2.18. The molecule has 72 heavy (non-hydrogen) atoms. The van der Waals surface area contributed by atoms with E-state index in [0.717, 1.165) is 64.4 Å². The van der Waals surface area contributed by atoms with E-state index in [1.807, 2.05) is 42.9 Å². The first kappa shape index (κ1) is 45.7. The monoisotopic (exact) mass is 928 g/mol. The van der Waals surface area contributed by atoms with Gasteiger partial charge in [0.1, 0.15) is 5.82 Å². The molecule has 3 heterocycles. The van der Waals surface area contributed by atoms with Gasteiger partial charge in [0.2, 0.25) is 0 Å². The van der Waals surface area contributed by atoms with Gasteiger partial charge in [0, 0.05) is 48.0 Å². The molecule has 0 atom stereocenters. The molecule has 0 fully saturated rings. The van der Waals surface area contributed by atoms with Gasteiger partial charge in [-0.2, -0.15) is 0 Å². The molecule has 0 spiro atoms. The average molecular weight is 929 g/mol. The Balaban J connectivity index is 1.00. The van der Waals surface area contributed by atoms with Crippen molar-refractivity contribution in [3.05, 3.63) is 260 Å². The number of rotatable bonds is 13. The van der Waals surface area contributed by atoms with Crippen LogP contribution in [0, 0.1) is 5.41 Å². The van der Waals surface area contributed by atoms with Crippen molar-refractivity contribution in [1.29, 1.82) is 0 Å². The van der Waals surface area contributed by atoms with Crippen LogP contribution in [0.4, 0.5) is 0 Å². The summed E-state index contributed by atoms with van der Waals surface area (Å²) >= 11 is 0. The third kappa shape index (κ3) is 10.3. The minimum atomic E-state index is 0.149. The molecule has 0 radical (unpaired) electrons. The lowest BCUT2D eigenvalue weighted by molar-refractivity contribution is 0.345. The van der Waals surface area contributed by atoms with Gasteiger partial charge in [-0.05, 0) is 133 Å². The van der Waals surface area contributed by atoms with Gasteiger partial charge in [-0.25, -0.2) is 4.98 Å². The van der Waals surface area contributed by atoms with Crippen molar-refractivity contribution in [1.82, 2.24) is 19.5 Å². The number of hydrogen-bond acceptors (Lipinski definition) is 3. The number of aryl methyl sites for hydroxylation is 2. The topological polar surface area (TPSA) is 43.6 Å². The molecule has 4 nitrogen and oxygen atoms in total. The number of pyridine rings is 2. The summed E-state index contributed by atoms with van der Waals surface area (Å²) in [6, 6.07) is 81.4. The second-order valence-electron chi connectivity index (χ2n) is 19.9. The van der Waals surface area contributed by atoms with Crippen molar-refractivity contribution in [2.75, 3.05) is 0 Å². The molecule has 11 rings (SSSR count). The Bertz CT molecular complexity index is 3570. The number of aromatic nitrogens is 4. The Labute approximate surface area is 424 Å². The number of benzene rings is 8. The normalized spacial score (nSPS) is 11.4. The summed E-state index contributed by atoms with van der Waals surface area (Å²) in [5, 5.41) is 0. The molecule has 348 valence electrons. The fourth-order valence-electron chi connectivity index (χ4n) is 9.86. The van der Waals surface area contributed by atoms with Gasteiger partial charge in [0.25, 0.3) is 0 Å². The van der Waals surface area contributed by atoms with E-state index in [0.29, 0.717) is 0 Å². The first-order chi connectivity index (χ1) is 35.3. The van der Waals surface area contributed by atoms with E-state index in [1.165, 1.54) is 66.8 Å². The Morgan fingerprint density at radius 2 is 0.778 bits per heavy atom. The quantitative estimate of drug-likeness (QED) is 0.116. The van der Waals surface area contributed by atoms with Crippen LogP contribution in [-0.2, 0) is 19.4 Å². The highest BCUT2D eigenvalue weighted by molar-refractivity contribution is 5.91. The molecule has 3 aromatic heterocycles. The van der Waals surface area contributed by atoms with Crippen LogP contribution in [-0.4, -0.2) is 19.5 Å². The predicted molar refractivity (Wildman–Crippen MR) is 300 cm³/mol. The summed E-state index contributed by atoms with van der Waals surface area (Å²) in [6.07, 6.45) is 9.48. The lowest BCUT2D eigenvalue weighted by atomic mass is 9.86. The molecule has 0 saturated heterocycles. The summed E-state index contributed by atoms with van der Waals surface area (Å²) in [5.74, 6) is 1.01. The zero-order chi connectivity index (χ0) is 48.9. The van der Waals surface area contributed by atoms with Crippen LogP contribution in [0.25, 0.3) is 101 Å². The molecule has 4 heteroatoms. The van der Waals surface area contributed by atoms with Crippen molar-refractivity contribution in [3.8, 4) is 101 Å². The van der Waals surface area contributed by atoms with Gasteiger partial charge in [-0.15, -0.1) is 0 Å². The van der Waals surface area contributed by atoms with E-state index < -0.39 is 0 Å². The van der Waals surface area contributed by atoms with Crippen molar-refractivity contribution in [2.24, 2.45) is 5.41 Å². The van der Waals surface area contributed by atoms with Crippen LogP contribution in [0.2, 0.25) is 0 Å². The number of nitrogens with zero attached hydrogens (tertiary/aromatic N) is 4. The van der Waals surface area contributed by atoms with Crippen molar-refractivity contribution in [2.45, 2.75) is 40.2 Å². The lowest BCUT2D eigenvalue weighted by Gasteiger charge is -2.20. The molecular weight excluding hydrogens is 873 g/mol. The Hall–Kier alpha value is -8.73. The summed E-state index contributed by atoms with van der Waals surface area (Å²) in [6.45, 7) is 7.71. The maximum absolute atomic E-state index is 4.76. The highest BCUT2D eigenvalue weighted by Crippen LogP contribution is 2.41. The van der Waals surface area contributed by atoms with Crippen LogP contribution in [0.5, 0.6) is 0 Å². The fourth-order valence-corrected chi connectivity index (χ4v) is 9.86. The summed E-state index contributed by atoms with van der Waals surface area (Å²) in [5.41, 5.74) is 22.1. The third-order valence-corrected chi connectivity index (χ3v) is 13.5. The molecule has 0 unspecified atom stereocenters. The predicted octanol–water partition coefficient (Wildman–Crippen LogP) is 17.5. The molecule has 0 amide bonds. The van der Waals surface area contributed by atoms with Crippen molar-refractivity contribution >= 4 is 0 Å². The standard InChI is InChI=1S/C68H56N4/c1-68(2,3)47-72-42-41-71-67(72)57-23-21-48(22-24-57)19-20-49-43-59(62-16-8-7-15-61(62)53-29-33-55(34-30-53)65-17-9-11-39-69-65)45-60(44-49)63-38-37-58(52-27-25-51(26-28-52)50-13-5-4-6-14-50)46-64(63)54-31-35-56(36-32-54)66-18-10-12-40-70-66/h4-18,21-46H,19-20,47H2,1-3H3. The Kier molecular flexibility index (Phi) is 12.9. The number of hydrogen-bond donors (Lipinski definition) is 0. The van der Waals surface area contributed by atoms with Gasteiger partial charge in [0.05, 0.1) is 11.4 Å². The summed E-state index contributed by atoms with van der Waals surface area (Å²) < 4.78 is 2.27. The smallest absolute Gasteiger partial charge is 0.139 e. The molecule has 0 saturated carbocycles. The Morgan fingerprint density at radius 1 is 0.319 bits per heavy atom. The molecule has 11 aromatic rings. The molecule has 0 aliphatic carbocycles. The maximum Gasteiger partial charge on any atom is 0.139 e. The van der Waals surface area contributed by atoms with Gasteiger partial charge < -0.3 is 4.57 Å². The van der Waals surface area contributed by atoms with Crippen LogP contribution in [0.15, 0.2) is 249 Å². The zero-order valence-electron chi connectivity index (χ0n) is 41.1. The van der Waals surface area contributed by atoms with Crippen molar-refractivity contribution in [3.63, 3.8) is 0 Å². The minimum Gasteiger partial charge on any atom is -0.330 e. The molecule has 0 aliphatic rings. The van der Waals surface area contributed by atoms with E-state index in [4.69, 9.17) is 4.98 Å². The van der Waals surface area contributed by atoms with Crippen LogP contribution >= 0.6 is 0 Å². The highest BCUT2D eigenvalue weighted by atomic mass is 15.1. The molecule has 0 bridgehead atoms. The third-order valence-electron chi connectivity index (χ3n) is 13.5. The second-order valence-corrected chi connectivity index (χ2v) is 19.9. The maximum atomic E-state index is 4.76. The van der Waals surface area contributed by atoms with Gasteiger partial charge in [0.15, 0.2) is 0 Å². The van der Waals surface area contributed by atoms with E-state index in [2.05, 4.69) is 242 Å². The van der Waals surface area contributed by atoms with Crippen LogP contribution in [0.3, 0.4) is 0 Å². The van der Waals surface area contributed by atoms with Gasteiger partial charge in [-0.1, -0.05) is 209 Å². The summed E-state index contributed by atoms with van der Waals surface area (Å²) in [4.78, 5) is 14.0. The average Bonchev–Trinajstić information content (AvgIpc) is 3.90. The number of imidazole rings is 1. The molecular formula is C68H56N4. The van der Waals surface area contributed by atoms with Gasteiger partial charge >= 0.3 is 0 Å². The van der Waals surface area contributed by atoms with E-state index >= 15 is 0 Å². The van der Waals surface area contributed by atoms with E-state index in [-0.39, 0.29) is 5.41 Å². The molecule has 8 aromatic carbocycles. The van der Waals surface area contributed by atoms with E-state index in [1.54, 1.807) is 0 Å². The van der Waals surface area contributed by atoms with Crippen LogP contribution < -0.4 is 0 Å². The minimum absolute atomic E-state index is 0.149. The fraction of sp³-hybridized carbons (Fsp3) is 0.103. The Morgan fingerprint density at radius 3 is 1.36 bits per heavy atom. The van der Waals surface area contributed by atoms with Gasteiger partial charge in [-0.3, -0.25) is 9.97 Å². The first-order valence-electron chi connectivity index (χ1n) is 25.0. The second kappa shape index (κ2) is 20.3. The molecule has 0 N–H and O–H groups in total. The summed E-state index contributed by atoms with van der Waals surface area (Å²) in [7, 11) is 0. The first-order valence-corrected chi connectivity index (χ1v) is 25.0. The van der Waals surface area contributed by atoms with E-state index in [9.17, 15) is 0 Å². The van der Waals surface area contributed by atoms with Crippen molar-refractivity contribution < 1.29 is 0 Å². The molecule has 0 aliphatic heterocycles. The zero-order valence-corrected chi connectivity index (χ0v) is 41.1. The SMILES string of the molecule is CC(C)(C)Cn1ccnc1-c1ccc(CCc2cc(-c3ccccc3-c3ccc(-c4ccccn4)cc3)cc(-c3ccc(-c4ccc(-c5ccccc5)cc4)cc3-c3ccc(-c4ccccn4)cc3)c2)cc1. The van der Waals surface area contributed by atoms with Crippen LogP contribution in [0.1, 0.15) is 31.9 Å².